The third-order valence-electron chi connectivity index (χ3n) is 5.53. The summed E-state index contributed by atoms with van der Waals surface area (Å²) in [6, 6.07) is 11.0. The van der Waals surface area contributed by atoms with Crippen LogP contribution in [0.4, 0.5) is 0 Å². The Hall–Kier alpha value is -2.61. The van der Waals surface area contributed by atoms with Gasteiger partial charge in [0, 0.05) is 32.2 Å². The molecule has 0 aliphatic heterocycles. The van der Waals surface area contributed by atoms with Crippen molar-refractivity contribution in [2.24, 2.45) is 0 Å². The molecule has 4 N–H and O–H groups in total. The number of carbonyl (C=O) groups is 1. The van der Waals surface area contributed by atoms with Crippen LogP contribution >= 0.6 is 0 Å². The molecule has 0 saturated heterocycles. The lowest BCUT2D eigenvalue weighted by molar-refractivity contribution is -0.130. The zero-order valence-corrected chi connectivity index (χ0v) is 17.5. The van der Waals surface area contributed by atoms with Crippen molar-refractivity contribution in [1.82, 2.24) is 10.2 Å². The van der Waals surface area contributed by atoms with Gasteiger partial charge in [0.05, 0.1) is 12.7 Å². The number of hydrogen-bond acceptors (Lipinski definition) is 6. The highest BCUT2D eigenvalue weighted by Crippen LogP contribution is 2.27. The van der Waals surface area contributed by atoms with E-state index in [0.717, 1.165) is 19.3 Å². The van der Waals surface area contributed by atoms with E-state index >= 15 is 0 Å². The van der Waals surface area contributed by atoms with Crippen LogP contribution in [0.2, 0.25) is 0 Å². The Balaban J connectivity index is 1.56. The van der Waals surface area contributed by atoms with Gasteiger partial charge in [-0.2, -0.15) is 0 Å². The molecule has 0 saturated carbocycles. The number of rotatable bonds is 8. The molecule has 1 aliphatic carbocycles. The number of likely N-dealkylation sites (N-methyl/N-ethyl adjacent to an activating group) is 1. The van der Waals surface area contributed by atoms with Crippen molar-refractivity contribution >= 4 is 5.91 Å². The highest BCUT2D eigenvalue weighted by atomic mass is 16.5. The van der Waals surface area contributed by atoms with Crippen LogP contribution in [0, 0.1) is 0 Å². The third-order valence-corrected chi connectivity index (χ3v) is 5.53. The van der Waals surface area contributed by atoms with E-state index in [1.807, 2.05) is 12.1 Å². The molecule has 0 radical (unpaired) electrons. The molecular formula is C23H30N2O5. The number of aliphatic hydroxyl groups is 2. The van der Waals surface area contributed by atoms with Crippen LogP contribution in [0.25, 0.3) is 0 Å². The van der Waals surface area contributed by atoms with Gasteiger partial charge in [0.1, 0.15) is 11.5 Å². The van der Waals surface area contributed by atoms with Crippen LogP contribution < -0.4 is 10.1 Å². The molecule has 0 fully saturated rings. The Bertz CT molecular complexity index is 884. The summed E-state index contributed by atoms with van der Waals surface area (Å²) in [5, 5.41) is 32.9. The number of phenols is 1. The monoisotopic (exact) mass is 414 g/mol. The fourth-order valence-electron chi connectivity index (χ4n) is 3.61. The van der Waals surface area contributed by atoms with Crippen LogP contribution in [0.3, 0.4) is 0 Å². The molecule has 2 aromatic carbocycles. The van der Waals surface area contributed by atoms with Gasteiger partial charge in [-0.1, -0.05) is 12.1 Å². The largest absolute Gasteiger partial charge is 0.508 e. The smallest absolute Gasteiger partial charge is 0.259 e. The molecule has 162 valence electrons. The number of aryl methyl sites for hydroxylation is 1. The molecule has 7 heteroatoms. The first-order valence-electron chi connectivity index (χ1n) is 10.2. The number of nitrogens with zero attached hydrogens (tertiary/aromatic N) is 1. The highest BCUT2D eigenvalue weighted by Gasteiger charge is 2.20. The van der Waals surface area contributed by atoms with E-state index in [4.69, 9.17) is 4.74 Å². The van der Waals surface area contributed by atoms with Crippen LogP contribution in [0.5, 0.6) is 11.5 Å². The first-order chi connectivity index (χ1) is 14.4. The van der Waals surface area contributed by atoms with Gasteiger partial charge < -0.3 is 30.3 Å². The number of ether oxygens (including phenoxy) is 1. The standard InChI is InChI=1S/C23H30N2O5/c1-25(2)23(29)14-30-20-7-4-15-3-6-19(10-17(15)11-20)24-12-22(28)16-5-8-21(27)18(9-16)13-26/h4-5,7-9,11,19,22,24,26-28H,3,6,10,12-14H2,1-2H3/t19-,22+/m0/s1. The topological polar surface area (TPSA) is 102 Å². The van der Waals surface area contributed by atoms with Crippen molar-refractivity contribution in [3.8, 4) is 11.5 Å². The number of carbonyl (C=O) groups excluding carboxylic acids is 1. The second-order valence-electron chi connectivity index (χ2n) is 7.92. The summed E-state index contributed by atoms with van der Waals surface area (Å²) in [6.07, 6.45) is 1.99. The summed E-state index contributed by atoms with van der Waals surface area (Å²) in [5.74, 6) is 0.626. The van der Waals surface area contributed by atoms with Gasteiger partial charge in [0.15, 0.2) is 6.61 Å². The first-order valence-corrected chi connectivity index (χ1v) is 10.2. The maximum Gasteiger partial charge on any atom is 0.259 e. The van der Waals surface area contributed by atoms with Gasteiger partial charge in [-0.05, 0) is 60.2 Å². The van der Waals surface area contributed by atoms with Crippen molar-refractivity contribution in [2.75, 3.05) is 27.2 Å². The Morgan fingerprint density at radius 2 is 2.03 bits per heavy atom. The summed E-state index contributed by atoms with van der Waals surface area (Å²) in [5.41, 5.74) is 3.53. The molecule has 0 spiro atoms. The lowest BCUT2D eigenvalue weighted by atomic mass is 9.88. The second-order valence-corrected chi connectivity index (χ2v) is 7.92. The minimum atomic E-state index is -0.732. The summed E-state index contributed by atoms with van der Waals surface area (Å²) in [7, 11) is 3.40. The molecule has 7 nitrogen and oxygen atoms in total. The van der Waals surface area contributed by atoms with E-state index in [9.17, 15) is 20.1 Å². The minimum Gasteiger partial charge on any atom is -0.508 e. The zero-order valence-electron chi connectivity index (χ0n) is 17.5. The number of nitrogens with one attached hydrogen (secondary N) is 1. The van der Waals surface area contributed by atoms with Gasteiger partial charge >= 0.3 is 0 Å². The van der Waals surface area contributed by atoms with Crippen molar-refractivity contribution in [1.29, 1.82) is 0 Å². The molecular weight excluding hydrogens is 384 g/mol. The maximum absolute atomic E-state index is 11.7. The summed E-state index contributed by atoms with van der Waals surface area (Å²) in [6.45, 7) is 0.120. The van der Waals surface area contributed by atoms with Gasteiger partial charge in [-0.25, -0.2) is 0 Å². The average molecular weight is 415 g/mol. The maximum atomic E-state index is 11.7. The summed E-state index contributed by atoms with van der Waals surface area (Å²) in [4.78, 5) is 13.2. The predicted molar refractivity (Wildman–Crippen MR) is 113 cm³/mol. The lowest BCUT2D eigenvalue weighted by Crippen LogP contribution is -2.37. The van der Waals surface area contributed by atoms with E-state index in [1.54, 1.807) is 26.2 Å². The molecule has 3 rings (SSSR count). The Labute approximate surface area is 176 Å². The molecule has 0 aromatic heterocycles. The second kappa shape index (κ2) is 9.93. The Morgan fingerprint density at radius 1 is 1.23 bits per heavy atom. The van der Waals surface area contributed by atoms with Crippen LogP contribution in [0.15, 0.2) is 36.4 Å². The fourth-order valence-corrected chi connectivity index (χ4v) is 3.61. The summed E-state index contributed by atoms with van der Waals surface area (Å²) < 4.78 is 5.63. The number of aromatic hydroxyl groups is 1. The molecule has 0 bridgehead atoms. The average Bonchev–Trinajstić information content (AvgIpc) is 2.75. The van der Waals surface area contributed by atoms with Gasteiger partial charge in [0.25, 0.3) is 5.91 Å². The number of aliphatic hydroxyl groups excluding tert-OH is 2. The van der Waals surface area contributed by atoms with Crippen molar-refractivity contribution < 1.29 is 24.9 Å². The van der Waals surface area contributed by atoms with E-state index in [0.29, 0.717) is 23.4 Å². The SMILES string of the molecule is CN(C)C(=O)COc1ccc2c(c1)C[C@@H](NC[C@@H](O)c1ccc(O)c(CO)c1)CC2. The van der Waals surface area contributed by atoms with Gasteiger partial charge in [-0.3, -0.25) is 4.79 Å². The van der Waals surface area contributed by atoms with Crippen LogP contribution in [0.1, 0.15) is 34.8 Å². The first kappa shape index (κ1) is 22.1. The van der Waals surface area contributed by atoms with Gasteiger partial charge in [0.2, 0.25) is 0 Å². The third kappa shape index (κ3) is 5.50. The van der Waals surface area contributed by atoms with E-state index < -0.39 is 6.10 Å². The fraction of sp³-hybridized carbons (Fsp3) is 0.435. The number of amides is 1. The lowest BCUT2D eigenvalue weighted by Gasteiger charge is -2.27. The van der Waals surface area contributed by atoms with Crippen molar-refractivity contribution in [3.63, 3.8) is 0 Å². The molecule has 30 heavy (non-hydrogen) atoms. The minimum absolute atomic E-state index is 0.0160. The predicted octanol–water partition coefficient (Wildman–Crippen LogP) is 1.53. The normalized spacial score (nSPS) is 16.6. The Morgan fingerprint density at radius 3 is 2.77 bits per heavy atom. The molecule has 1 aliphatic rings. The van der Waals surface area contributed by atoms with Crippen molar-refractivity contribution in [2.45, 2.75) is 38.0 Å². The van der Waals surface area contributed by atoms with Crippen LogP contribution in [-0.2, 0) is 24.2 Å². The molecule has 2 aromatic rings. The number of hydrogen-bond donors (Lipinski definition) is 4. The number of benzene rings is 2. The molecule has 2 atom stereocenters. The van der Waals surface area contributed by atoms with E-state index in [1.165, 1.54) is 22.1 Å². The quantitative estimate of drug-likeness (QED) is 0.523. The number of fused-ring (bicyclic) bond motifs is 1. The summed E-state index contributed by atoms with van der Waals surface area (Å²) >= 11 is 0. The van der Waals surface area contributed by atoms with E-state index in [-0.39, 0.29) is 30.9 Å². The van der Waals surface area contributed by atoms with Crippen molar-refractivity contribution in [3.05, 3.63) is 58.7 Å². The van der Waals surface area contributed by atoms with Crippen LogP contribution in [-0.4, -0.2) is 59.4 Å². The zero-order chi connectivity index (χ0) is 21.7. The highest BCUT2D eigenvalue weighted by molar-refractivity contribution is 5.77. The molecule has 1 amide bonds. The van der Waals surface area contributed by atoms with E-state index in [2.05, 4.69) is 11.4 Å². The Kier molecular flexibility index (Phi) is 7.31. The molecule has 0 unspecified atom stereocenters. The van der Waals surface area contributed by atoms with Gasteiger partial charge in [-0.15, -0.1) is 0 Å². The molecule has 0 heterocycles.